The number of hydrogen-bond donors (Lipinski definition) is 1. The first-order chi connectivity index (χ1) is 12.3. The van der Waals surface area contributed by atoms with Crippen molar-refractivity contribution < 1.29 is 26.7 Å². The number of nitrogens with one attached hydrogen (secondary N) is 1. The predicted octanol–water partition coefficient (Wildman–Crippen LogP) is 2.61. The van der Waals surface area contributed by atoms with Gasteiger partial charge in [-0.25, -0.2) is 17.2 Å². The summed E-state index contributed by atoms with van der Waals surface area (Å²) in [6, 6.07) is 10.1. The van der Waals surface area contributed by atoms with Crippen molar-refractivity contribution in [3.8, 4) is 0 Å². The van der Waals surface area contributed by atoms with Crippen molar-refractivity contribution in [1.82, 2.24) is 4.72 Å². The van der Waals surface area contributed by atoms with Gasteiger partial charge in [0.05, 0.1) is 24.9 Å². The summed E-state index contributed by atoms with van der Waals surface area (Å²) in [5.41, 5.74) is 1.70. The van der Waals surface area contributed by atoms with Crippen molar-refractivity contribution in [2.24, 2.45) is 0 Å². The lowest BCUT2D eigenvalue weighted by atomic mass is 9.96. The SMILES string of the molecule is O=C(CC1OCCc2ccccc21)NS(=O)(=O)Cc1ccc(F)cc1F. The van der Waals surface area contributed by atoms with Crippen LogP contribution in [0.2, 0.25) is 0 Å². The van der Waals surface area contributed by atoms with Gasteiger partial charge in [-0.3, -0.25) is 9.52 Å². The van der Waals surface area contributed by atoms with E-state index in [0.717, 1.165) is 29.7 Å². The second kappa shape index (κ2) is 7.51. The van der Waals surface area contributed by atoms with Gasteiger partial charge in [0.25, 0.3) is 0 Å². The van der Waals surface area contributed by atoms with Crippen molar-refractivity contribution in [3.63, 3.8) is 0 Å². The lowest BCUT2D eigenvalue weighted by molar-refractivity contribution is -0.122. The van der Waals surface area contributed by atoms with E-state index in [1.54, 1.807) is 0 Å². The Labute approximate surface area is 150 Å². The van der Waals surface area contributed by atoms with Crippen LogP contribution in [-0.4, -0.2) is 20.9 Å². The number of carbonyl (C=O) groups excluding carboxylic acids is 1. The van der Waals surface area contributed by atoms with Gasteiger partial charge in [-0.1, -0.05) is 30.3 Å². The first-order valence-corrected chi connectivity index (χ1v) is 9.66. The summed E-state index contributed by atoms with van der Waals surface area (Å²) < 4.78 is 58.2. The number of fused-ring (bicyclic) bond motifs is 1. The maximum Gasteiger partial charge on any atom is 0.239 e. The second-order valence-corrected chi connectivity index (χ2v) is 7.75. The summed E-state index contributed by atoms with van der Waals surface area (Å²) in [5.74, 6) is -3.28. The fourth-order valence-electron chi connectivity index (χ4n) is 2.91. The highest BCUT2D eigenvalue weighted by Crippen LogP contribution is 2.29. The molecule has 26 heavy (non-hydrogen) atoms. The normalized spacial score (nSPS) is 16.8. The van der Waals surface area contributed by atoms with Gasteiger partial charge in [-0.2, -0.15) is 0 Å². The summed E-state index contributed by atoms with van der Waals surface area (Å²) in [6.07, 6.45) is 0.0381. The summed E-state index contributed by atoms with van der Waals surface area (Å²) >= 11 is 0. The third-order valence-corrected chi connectivity index (χ3v) is 5.32. The van der Waals surface area contributed by atoms with E-state index in [1.807, 2.05) is 29.0 Å². The van der Waals surface area contributed by atoms with Gasteiger partial charge in [-0.05, 0) is 23.6 Å². The van der Waals surface area contributed by atoms with E-state index in [1.165, 1.54) is 0 Å². The number of benzene rings is 2. The molecule has 0 aliphatic carbocycles. The first-order valence-electron chi connectivity index (χ1n) is 8.01. The smallest absolute Gasteiger partial charge is 0.239 e. The van der Waals surface area contributed by atoms with Crippen molar-refractivity contribution >= 4 is 15.9 Å². The van der Waals surface area contributed by atoms with E-state index >= 15 is 0 Å². The highest BCUT2D eigenvalue weighted by molar-refractivity contribution is 7.89. The third kappa shape index (κ3) is 4.44. The van der Waals surface area contributed by atoms with Crippen LogP contribution in [0.25, 0.3) is 0 Å². The van der Waals surface area contributed by atoms with Crippen LogP contribution in [0.1, 0.15) is 29.2 Å². The Morgan fingerprint density at radius 3 is 2.73 bits per heavy atom. The van der Waals surface area contributed by atoms with E-state index in [0.29, 0.717) is 12.7 Å². The van der Waals surface area contributed by atoms with Gasteiger partial charge in [0.2, 0.25) is 15.9 Å². The van der Waals surface area contributed by atoms with E-state index in [9.17, 15) is 22.0 Å². The number of ether oxygens (including phenoxy) is 1. The lowest BCUT2D eigenvalue weighted by Crippen LogP contribution is -2.33. The Morgan fingerprint density at radius 1 is 1.19 bits per heavy atom. The molecule has 1 aliphatic rings. The lowest BCUT2D eigenvalue weighted by Gasteiger charge is -2.25. The average molecular weight is 381 g/mol. The largest absolute Gasteiger partial charge is 0.373 e. The molecule has 1 N–H and O–H groups in total. The molecule has 1 aliphatic heterocycles. The van der Waals surface area contributed by atoms with Crippen LogP contribution in [0.15, 0.2) is 42.5 Å². The molecule has 1 heterocycles. The van der Waals surface area contributed by atoms with Crippen LogP contribution in [0.4, 0.5) is 8.78 Å². The summed E-state index contributed by atoms with van der Waals surface area (Å²) in [7, 11) is -4.11. The zero-order valence-electron chi connectivity index (χ0n) is 13.7. The van der Waals surface area contributed by atoms with Crippen LogP contribution in [0.5, 0.6) is 0 Å². The molecule has 0 spiro atoms. The molecule has 2 aromatic rings. The highest BCUT2D eigenvalue weighted by Gasteiger charge is 2.25. The summed E-state index contributed by atoms with van der Waals surface area (Å²) in [4.78, 5) is 12.1. The molecule has 1 amide bonds. The van der Waals surface area contributed by atoms with Crippen LogP contribution in [-0.2, 0) is 31.7 Å². The quantitative estimate of drug-likeness (QED) is 0.864. The fourth-order valence-corrected chi connectivity index (χ4v) is 4.05. The number of amides is 1. The zero-order chi connectivity index (χ0) is 18.7. The van der Waals surface area contributed by atoms with Crippen LogP contribution < -0.4 is 4.72 Å². The third-order valence-electron chi connectivity index (χ3n) is 4.09. The molecule has 2 aromatic carbocycles. The average Bonchev–Trinajstić information content (AvgIpc) is 2.57. The second-order valence-electron chi connectivity index (χ2n) is 6.03. The molecule has 0 saturated carbocycles. The number of sulfonamides is 1. The minimum absolute atomic E-state index is 0.165. The Balaban J connectivity index is 1.66. The van der Waals surface area contributed by atoms with Crippen LogP contribution >= 0.6 is 0 Å². The molecular weight excluding hydrogens is 364 g/mol. The summed E-state index contributed by atoms with van der Waals surface area (Å²) in [5, 5.41) is 0. The number of carbonyl (C=O) groups is 1. The summed E-state index contributed by atoms with van der Waals surface area (Å²) in [6.45, 7) is 0.447. The van der Waals surface area contributed by atoms with Gasteiger partial charge >= 0.3 is 0 Å². The standard InChI is InChI=1S/C18H17F2NO4S/c19-14-6-5-13(16(20)9-14)11-26(23,24)21-18(22)10-17-15-4-2-1-3-12(15)7-8-25-17/h1-6,9,17H,7-8,10-11H2,(H,21,22). The Morgan fingerprint density at radius 2 is 1.96 bits per heavy atom. The van der Waals surface area contributed by atoms with Crippen molar-refractivity contribution in [1.29, 1.82) is 0 Å². The molecule has 0 bridgehead atoms. The van der Waals surface area contributed by atoms with E-state index in [4.69, 9.17) is 4.74 Å². The van der Waals surface area contributed by atoms with E-state index < -0.39 is 39.4 Å². The van der Waals surface area contributed by atoms with Gasteiger partial charge in [0, 0.05) is 11.6 Å². The highest BCUT2D eigenvalue weighted by atomic mass is 32.2. The molecule has 138 valence electrons. The maximum absolute atomic E-state index is 13.6. The first kappa shape index (κ1) is 18.5. The van der Waals surface area contributed by atoms with E-state index in [-0.39, 0.29) is 12.0 Å². The Hall–Kier alpha value is -2.32. The minimum Gasteiger partial charge on any atom is -0.373 e. The van der Waals surface area contributed by atoms with Crippen LogP contribution in [0, 0.1) is 11.6 Å². The number of rotatable bonds is 5. The molecule has 8 heteroatoms. The Bertz CT molecular complexity index is 931. The van der Waals surface area contributed by atoms with Crippen LogP contribution in [0.3, 0.4) is 0 Å². The van der Waals surface area contributed by atoms with Gasteiger partial charge in [0.1, 0.15) is 11.6 Å². The zero-order valence-corrected chi connectivity index (χ0v) is 14.6. The molecular formula is C18H17F2NO4S. The van der Waals surface area contributed by atoms with E-state index in [2.05, 4.69) is 0 Å². The number of hydrogen-bond acceptors (Lipinski definition) is 4. The monoisotopic (exact) mass is 381 g/mol. The molecule has 1 atom stereocenters. The molecule has 3 rings (SSSR count). The molecule has 0 fully saturated rings. The number of halogens is 2. The van der Waals surface area contributed by atoms with Gasteiger partial charge in [-0.15, -0.1) is 0 Å². The topological polar surface area (TPSA) is 72.5 Å². The van der Waals surface area contributed by atoms with Gasteiger partial charge < -0.3 is 4.74 Å². The van der Waals surface area contributed by atoms with Gasteiger partial charge in [0.15, 0.2) is 0 Å². The molecule has 0 aromatic heterocycles. The molecule has 1 unspecified atom stereocenters. The molecule has 5 nitrogen and oxygen atoms in total. The Kier molecular flexibility index (Phi) is 5.33. The molecule has 0 saturated heterocycles. The fraction of sp³-hybridized carbons (Fsp3) is 0.278. The van der Waals surface area contributed by atoms with Crippen molar-refractivity contribution in [2.45, 2.75) is 24.7 Å². The maximum atomic E-state index is 13.6. The molecule has 0 radical (unpaired) electrons. The van der Waals surface area contributed by atoms with Crippen molar-refractivity contribution in [3.05, 3.63) is 70.8 Å². The minimum atomic E-state index is -4.11. The van der Waals surface area contributed by atoms with Crippen molar-refractivity contribution in [2.75, 3.05) is 6.61 Å². The predicted molar refractivity (Wildman–Crippen MR) is 90.6 cm³/mol.